The quantitative estimate of drug-likeness (QED) is 0.286. The van der Waals surface area contributed by atoms with Crippen molar-refractivity contribution in [2.75, 3.05) is 31.1 Å². The van der Waals surface area contributed by atoms with Crippen molar-refractivity contribution in [1.82, 2.24) is 30.1 Å². The number of aromatic nitrogens is 5. The first kappa shape index (κ1) is 21.8. The van der Waals surface area contributed by atoms with Gasteiger partial charge in [0.1, 0.15) is 5.82 Å². The van der Waals surface area contributed by atoms with Crippen molar-refractivity contribution in [3.05, 3.63) is 56.3 Å². The minimum absolute atomic E-state index is 0.0950. The number of rotatable bonds is 7. The number of fused-ring (bicyclic) bond motifs is 1. The van der Waals surface area contributed by atoms with Crippen LogP contribution in [0.3, 0.4) is 0 Å². The molecular weight excluding hydrogens is 467 g/mol. The standard InChI is InChI=1S/C20H21FN8O2S2/c1-2-17(19-23-24-25-28(19)12-14-4-3-9-32-14)26-5-7-27(8-6-26)20-22-16-11-13(29(30)31)10-15(21)18(16)33-20/h3-4,9-11,17H,2,5-8,12H2,1H3. The summed E-state index contributed by atoms with van der Waals surface area (Å²) >= 11 is 2.91. The number of piperazine rings is 1. The van der Waals surface area contributed by atoms with Crippen molar-refractivity contribution >= 4 is 43.7 Å². The Balaban J connectivity index is 1.30. The maximum Gasteiger partial charge on any atom is 0.274 e. The van der Waals surface area contributed by atoms with E-state index >= 15 is 0 Å². The van der Waals surface area contributed by atoms with Crippen LogP contribution in [0.25, 0.3) is 10.2 Å². The van der Waals surface area contributed by atoms with E-state index < -0.39 is 10.7 Å². The van der Waals surface area contributed by atoms with E-state index in [0.29, 0.717) is 35.0 Å². The average Bonchev–Trinajstić information content (AvgIpc) is 3.57. The molecule has 0 N–H and O–H groups in total. The zero-order chi connectivity index (χ0) is 22.9. The molecule has 1 unspecified atom stereocenters. The number of hydrogen-bond donors (Lipinski definition) is 0. The third-order valence-electron chi connectivity index (χ3n) is 5.78. The first-order chi connectivity index (χ1) is 16.0. The summed E-state index contributed by atoms with van der Waals surface area (Å²) in [5.74, 6) is 0.249. The maximum absolute atomic E-state index is 14.4. The second kappa shape index (κ2) is 9.08. The molecule has 0 aliphatic carbocycles. The van der Waals surface area contributed by atoms with Gasteiger partial charge in [-0.3, -0.25) is 15.0 Å². The number of anilines is 1. The Morgan fingerprint density at radius 3 is 2.79 bits per heavy atom. The highest BCUT2D eigenvalue weighted by Gasteiger charge is 2.29. The predicted molar refractivity (Wildman–Crippen MR) is 124 cm³/mol. The molecule has 33 heavy (non-hydrogen) atoms. The number of nitro groups is 1. The molecule has 0 spiro atoms. The summed E-state index contributed by atoms with van der Waals surface area (Å²) < 4.78 is 16.6. The number of thiophene rings is 1. The van der Waals surface area contributed by atoms with Crippen LogP contribution in [0.5, 0.6) is 0 Å². The van der Waals surface area contributed by atoms with Gasteiger partial charge in [0.2, 0.25) is 0 Å². The molecule has 10 nitrogen and oxygen atoms in total. The molecule has 4 heterocycles. The van der Waals surface area contributed by atoms with Crippen LogP contribution in [-0.4, -0.2) is 61.2 Å². The lowest BCUT2D eigenvalue weighted by Gasteiger charge is -2.38. The Bertz CT molecular complexity index is 1270. The van der Waals surface area contributed by atoms with Crippen LogP contribution in [0.4, 0.5) is 15.2 Å². The zero-order valence-corrected chi connectivity index (χ0v) is 19.4. The molecule has 172 valence electrons. The number of nitrogens with zero attached hydrogens (tertiary/aromatic N) is 8. The lowest BCUT2D eigenvalue weighted by molar-refractivity contribution is -0.384. The third-order valence-corrected chi connectivity index (χ3v) is 7.79. The van der Waals surface area contributed by atoms with Crippen molar-refractivity contribution in [2.45, 2.75) is 25.9 Å². The molecule has 5 rings (SSSR count). The smallest absolute Gasteiger partial charge is 0.274 e. The topological polar surface area (TPSA) is 106 Å². The number of benzene rings is 1. The summed E-state index contributed by atoms with van der Waals surface area (Å²) in [5, 5.41) is 26.2. The number of non-ortho nitro benzene ring substituents is 1. The van der Waals surface area contributed by atoms with Gasteiger partial charge < -0.3 is 4.90 Å². The van der Waals surface area contributed by atoms with Crippen molar-refractivity contribution in [3.8, 4) is 0 Å². The monoisotopic (exact) mass is 488 g/mol. The molecular formula is C20H21FN8O2S2. The average molecular weight is 489 g/mol. The van der Waals surface area contributed by atoms with Gasteiger partial charge in [0.25, 0.3) is 5.69 Å². The van der Waals surface area contributed by atoms with E-state index in [2.05, 4.69) is 43.3 Å². The van der Waals surface area contributed by atoms with E-state index in [0.717, 1.165) is 31.4 Å². The number of hydrogen-bond acceptors (Lipinski definition) is 10. The summed E-state index contributed by atoms with van der Waals surface area (Å²) in [7, 11) is 0. The fourth-order valence-corrected chi connectivity index (χ4v) is 5.84. The summed E-state index contributed by atoms with van der Waals surface area (Å²) in [6, 6.07) is 6.47. The summed E-state index contributed by atoms with van der Waals surface area (Å²) in [5.41, 5.74) is 0.0380. The van der Waals surface area contributed by atoms with Crippen molar-refractivity contribution in [2.24, 2.45) is 0 Å². The Labute approximate surface area is 196 Å². The van der Waals surface area contributed by atoms with Crippen LogP contribution in [-0.2, 0) is 6.54 Å². The highest BCUT2D eigenvalue weighted by Crippen LogP contribution is 2.34. The first-order valence-electron chi connectivity index (χ1n) is 10.6. The lowest BCUT2D eigenvalue weighted by Crippen LogP contribution is -2.48. The van der Waals surface area contributed by atoms with Crippen LogP contribution in [0.1, 0.15) is 30.1 Å². The minimum atomic E-state index is -0.606. The summed E-state index contributed by atoms with van der Waals surface area (Å²) in [6.07, 6.45) is 0.876. The Morgan fingerprint density at radius 1 is 1.27 bits per heavy atom. The normalized spacial score (nSPS) is 15.9. The fourth-order valence-electron chi connectivity index (χ4n) is 4.15. The van der Waals surface area contributed by atoms with Crippen molar-refractivity contribution in [1.29, 1.82) is 0 Å². The number of nitro benzene ring substituents is 1. The minimum Gasteiger partial charge on any atom is -0.345 e. The van der Waals surface area contributed by atoms with Gasteiger partial charge in [-0.05, 0) is 28.3 Å². The highest BCUT2D eigenvalue weighted by atomic mass is 32.1. The van der Waals surface area contributed by atoms with E-state index in [1.54, 1.807) is 11.3 Å². The largest absolute Gasteiger partial charge is 0.345 e. The van der Waals surface area contributed by atoms with Gasteiger partial charge in [-0.15, -0.1) is 16.4 Å². The number of tetrazole rings is 1. The molecule has 1 aromatic carbocycles. The summed E-state index contributed by atoms with van der Waals surface area (Å²) in [4.78, 5) is 20.6. The van der Waals surface area contributed by atoms with Gasteiger partial charge in [-0.2, -0.15) is 0 Å². The molecule has 3 aromatic heterocycles. The molecule has 1 saturated heterocycles. The molecule has 1 atom stereocenters. The maximum atomic E-state index is 14.4. The number of thiazole rings is 1. The SMILES string of the molecule is CCC(c1nnnn1Cc1cccs1)N1CCN(c2nc3cc([N+](=O)[O-])cc(F)c3s2)CC1. The Hall–Kier alpha value is -3.03. The Kier molecular flexibility index (Phi) is 6.00. The molecule has 13 heteroatoms. The molecule has 1 aliphatic heterocycles. The molecule has 0 radical (unpaired) electrons. The second-order valence-electron chi connectivity index (χ2n) is 7.75. The lowest BCUT2D eigenvalue weighted by atomic mass is 10.1. The zero-order valence-electron chi connectivity index (χ0n) is 17.8. The Morgan fingerprint density at radius 2 is 2.09 bits per heavy atom. The van der Waals surface area contributed by atoms with E-state index in [4.69, 9.17) is 0 Å². The number of halogens is 1. The molecule has 4 aromatic rings. The molecule has 0 saturated carbocycles. The molecule has 0 amide bonds. The van der Waals surface area contributed by atoms with E-state index in [-0.39, 0.29) is 11.7 Å². The molecule has 1 fully saturated rings. The van der Waals surface area contributed by atoms with Crippen molar-refractivity contribution < 1.29 is 9.31 Å². The predicted octanol–water partition coefficient (Wildman–Crippen LogP) is 3.71. The van der Waals surface area contributed by atoms with Crippen LogP contribution >= 0.6 is 22.7 Å². The van der Waals surface area contributed by atoms with Crippen LogP contribution in [0, 0.1) is 15.9 Å². The first-order valence-corrected chi connectivity index (χ1v) is 12.2. The van der Waals surface area contributed by atoms with Crippen LogP contribution < -0.4 is 4.90 Å². The van der Waals surface area contributed by atoms with Crippen LogP contribution in [0.15, 0.2) is 29.6 Å². The van der Waals surface area contributed by atoms with Gasteiger partial charge in [0, 0.05) is 37.1 Å². The van der Waals surface area contributed by atoms with Gasteiger partial charge in [-0.1, -0.05) is 24.3 Å². The van der Waals surface area contributed by atoms with Gasteiger partial charge in [0.05, 0.1) is 33.8 Å². The van der Waals surface area contributed by atoms with Gasteiger partial charge in [0.15, 0.2) is 11.0 Å². The summed E-state index contributed by atoms with van der Waals surface area (Å²) in [6.45, 7) is 5.77. The van der Waals surface area contributed by atoms with Gasteiger partial charge >= 0.3 is 0 Å². The highest BCUT2D eigenvalue weighted by molar-refractivity contribution is 7.22. The molecule has 1 aliphatic rings. The van der Waals surface area contributed by atoms with E-state index in [1.807, 2.05) is 16.1 Å². The second-order valence-corrected chi connectivity index (χ2v) is 9.76. The van der Waals surface area contributed by atoms with E-state index in [9.17, 15) is 14.5 Å². The van der Waals surface area contributed by atoms with Crippen molar-refractivity contribution in [3.63, 3.8) is 0 Å². The third kappa shape index (κ3) is 4.30. The van der Waals surface area contributed by atoms with E-state index in [1.165, 1.54) is 22.3 Å². The fraction of sp³-hybridized carbons (Fsp3) is 0.400. The van der Waals surface area contributed by atoms with Crippen LogP contribution in [0.2, 0.25) is 0 Å². The van der Waals surface area contributed by atoms with Gasteiger partial charge in [-0.25, -0.2) is 14.1 Å². The molecule has 0 bridgehead atoms.